The van der Waals surface area contributed by atoms with Gasteiger partial charge in [0.25, 0.3) is 0 Å². The van der Waals surface area contributed by atoms with Gasteiger partial charge in [0, 0.05) is 13.7 Å². The molecule has 0 rings (SSSR count). The van der Waals surface area contributed by atoms with Gasteiger partial charge in [0.05, 0.1) is 19.1 Å². The van der Waals surface area contributed by atoms with Crippen LogP contribution in [0.4, 0.5) is 4.79 Å². The molecule has 0 saturated heterocycles. The van der Waals surface area contributed by atoms with Crippen molar-refractivity contribution in [3.8, 4) is 0 Å². The predicted molar refractivity (Wildman–Crippen MR) is 48.1 cm³/mol. The van der Waals surface area contributed by atoms with Gasteiger partial charge in [0.2, 0.25) is 0 Å². The Balaban J connectivity index is 3.71. The van der Waals surface area contributed by atoms with E-state index in [4.69, 9.17) is 9.84 Å². The van der Waals surface area contributed by atoms with Crippen LogP contribution in [0.2, 0.25) is 0 Å². The lowest BCUT2D eigenvalue weighted by atomic mass is 10.2. The Hall–Kier alpha value is -1.30. The van der Waals surface area contributed by atoms with Gasteiger partial charge in [-0.3, -0.25) is 4.79 Å². The highest BCUT2D eigenvalue weighted by molar-refractivity contribution is 5.68. The van der Waals surface area contributed by atoms with E-state index in [1.165, 1.54) is 7.11 Å². The number of carboxylic acid groups (broad SMARTS) is 1. The number of hydrogen-bond acceptors (Lipinski definition) is 4. The Morgan fingerprint density at radius 3 is 2.57 bits per heavy atom. The second-order valence-corrected chi connectivity index (χ2v) is 2.56. The van der Waals surface area contributed by atoms with E-state index in [1.807, 2.05) is 0 Å². The molecular formula is C8H15NO5. The summed E-state index contributed by atoms with van der Waals surface area (Å²) < 4.78 is 9.43. The first-order valence-electron chi connectivity index (χ1n) is 4.25. The SMILES string of the molecule is CCOC(=O)NCC(CC(=O)O)OC. The molecule has 0 bridgehead atoms. The third-order valence-electron chi connectivity index (χ3n) is 1.49. The summed E-state index contributed by atoms with van der Waals surface area (Å²) in [6, 6.07) is 0. The molecule has 1 atom stereocenters. The van der Waals surface area contributed by atoms with Gasteiger partial charge in [0.1, 0.15) is 0 Å². The Bertz CT molecular complexity index is 194. The molecule has 14 heavy (non-hydrogen) atoms. The van der Waals surface area contributed by atoms with Crippen molar-refractivity contribution in [3.05, 3.63) is 0 Å². The summed E-state index contributed by atoms with van der Waals surface area (Å²) in [5.74, 6) is -0.970. The molecule has 0 aliphatic rings. The van der Waals surface area contributed by atoms with Crippen molar-refractivity contribution >= 4 is 12.1 Å². The molecule has 82 valence electrons. The van der Waals surface area contributed by atoms with Crippen LogP contribution in [0.5, 0.6) is 0 Å². The quantitative estimate of drug-likeness (QED) is 0.648. The Labute approximate surface area is 82.2 Å². The molecule has 1 amide bonds. The van der Waals surface area contributed by atoms with Gasteiger partial charge in [-0.05, 0) is 6.92 Å². The number of ether oxygens (including phenoxy) is 2. The summed E-state index contributed by atoms with van der Waals surface area (Å²) in [6.07, 6.45) is -1.25. The second kappa shape index (κ2) is 7.14. The first-order valence-corrected chi connectivity index (χ1v) is 4.25. The maximum Gasteiger partial charge on any atom is 0.407 e. The van der Waals surface area contributed by atoms with Crippen LogP contribution in [0.3, 0.4) is 0 Å². The van der Waals surface area contributed by atoms with Crippen LogP contribution in [0.1, 0.15) is 13.3 Å². The summed E-state index contributed by atoms with van der Waals surface area (Å²) in [5.41, 5.74) is 0. The first-order chi connectivity index (χ1) is 6.60. The zero-order valence-corrected chi connectivity index (χ0v) is 8.28. The number of carbonyl (C=O) groups is 2. The number of carboxylic acids is 1. The Kier molecular flexibility index (Phi) is 6.47. The number of carbonyl (C=O) groups excluding carboxylic acids is 1. The van der Waals surface area contributed by atoms with E-state index in [-0.39, 0.29) is 19.6 Å². The third kappa shape index (κ3) is 6.24. The van der Waals surface area contributed by atoms with Crippen LogP contribution in [0.25, 0.3) is 0 Å². The Morgan fingerprint density at radius 1 is 1.50 bits per heavy atom. The van der Waals surface area contributed by atoms with Crippen molar-refractivity contribution in [3.63, 3.8) is 0 Å². The highest BCUT2D eigenvalue weighted by Crippen LogP contribution is 1.95. The number of aliphatic carboxylic acids is 1. The summed E-state index contributed by atoms with van der Waals surface area (Å²) in [4.78, 5) is 21.1. The van der Waals surface area contributed by atoms with Crippen LogP contribution in [-0.2, 0) is 14.3 Å². The van der Waals surface area contributed by atoms with Crippen molar-refractivity contribution in [2.75, 3.05) is 20.3 Å². The highest BCUT2D eigenvalue weighted by Gasteiger charge is 2.13. The number of hydrogen-bond donors (Lipinski definition) is 2. The molecule has 0 spiro atoms. The first kappa shape index (κ1) is 12.7. The zero-order valence-electron chi connectivity index (χ0n) is 8.28. The van der Waals surface area contributed by atoms with Gasteiger partial charge in [-0.15, -0.1) is 0 Å². The fourth-order valence-electron chi connectivity index (χ4n) is 0.813. The minimum absolute atomic E-state index is 0.127. The minimum Gasteiger partial charge on any atom is -0.481 e. The molecule has 0 saturated carbocycles. The van der Waals surface area contributed by atoms with Crippen molar-refractivity contribution in [1.29, 1.82) is 0 Å². The fraction of sp³-hybridized carbons (Fsp3) is 0.750. The van der Waals surface area contributed by atoms with Crippen LogP contribution >= 0.6 is 0 Å². The van der Waals surface area contributed by atoms with E-state index in [2.05, 4.69) is 10.1 Å². The number of rotatable bonds is 6. The molecule has 1 unspecified atom stereocenters. The molecule has 0 aliphatic heterocycles. The molecule has 0 aromatic rings. The summed E-state index contributed by atoms with van der Waals surface area (Å²) in [6.45, 7) is 2.09. The van der Waals surface area contributed by atoms with E-state index in [1.54, 1.807) is 6.92 Å². The number of methoxy groups -OCH3 is 1. The molecule has 0 aromatic carbocycles. The second-order valence-electron chi connectivity index (χ2n) is 2.56. The van der Waals surface area contributed by atoms with E-state index < -0.39 is 18.2 Å². The average Bonchev–Trinajstić information content (AvgIpc) is 2.12. The van der Waals surface area contributed by atoms with Gasteiger partial charge in [-0.25, -0.2) is 4.79 Å². The van der Waals surface area contributed by atoms with Crippen molar-refractivity contribution in [2.45, 2.75) is 19.4 Å². The standard InChI is InChI=1S/C8H15NO5/c1-3-14-8(12)9-5-6(13-2)4-7(10)11/h6H,3-5H2,1-2H3,(H,9,12)(H,10,11). The van der Waals surface area contributed by atoms with Gasteiger partial charge in [-0.2, -0.15) is 0 Å². The summed E-state index contributed by atoms with van der Waals surface area (Å²) in [5, 5.41) is 10.9. The van der Waals surface area contributed by atoms with Crippen molar-refractivity contribution in [1.82, 2.24) is 5.32 Å². The molecular weight excluding hydrogens is 190 g/mol. The predicted octanol–water partition coefficient (Wildman–Crippen LogP) is 0.222. The van der Waals surface area contributed by atoms with Crippen molar-refractivity contribution < 1.29 is 24.2 Å². The summed E-state index contributed by atoms with van der Waals surface area (Å²) >= 11 is 0. The topological polar surface area (TPSA) is 84.9 Å². The number of nitrogens with one attached hydrogen (secondary N) is 1. The lowest BCUT2D eigenvalue weighted by molar-refractivity contribution is -0.139. The molecule has 6 nitrogen and oxygen atoms in total. The molecule has 2 N–H and O–H groups in total. The van der Waals surface area contributed by atoms with Gasteiger partial charge in [0.15, 0.2) is 0 Å². The van der Waals surface area contributed by atoms with E-state index in [0.717, 1.165) is 0 Å². The minimum atomic E-state index is -0.970. The molecule has 0 fully saturated rings. The van der Waals surface area contributed by atoms with Gasteiger partial charge in [-0.1, -0.05) is 0 Å². The molecule has 0 aromatic heterocycles. The summed E-state index contributed by atoms with van der Waals surface area (Å²) in [7, 11) is 1.39. The molecule has 0 heterocycles. The number of amides is 1. The van der Waals surface area contributed by atoms with E-state index in [0.29, 0.717) is 0 Å². The lowest BCUT2D eigenvalue weighted by Crippen LogP contribution is -2.34. The number of alkyl carbamates (subject to hydrolysis) is 1. The maximum atomic E-state index is 10.8. The zero-order chi connectivity index (χ0) is 11.0. The van der Waals surface area contributed by atoms with Crippen LogP contribution in [0.15, 0.2) is 0 Å². The maximum absolute atomic E-state index is 10.8. The smallest absolute Gasteiger partial charge is 0.407 e. The van der Waals surface area contributed by atoms with Crippen LogP contribution in [-0.4, -0.2) is 43.5 Å². The molecule has 6 heteroatoms. The average molecular weight is 205 g/mol. The lowest BCUT2D eigenvalue weighted by Gasteiger charge is -2.13. The highest BCUT2D eigenvalue weighted by atomic mass is 16.5. The largest absolute Gasteiger partial charge is 0.481 e. The Morgan fingerprint density at radius 2 is 2.14 bits per heavy atom. The van der Waals surface area contributed by atoms with Crippen molar-refractivity contribution in [2.24, 2.45) is 0 Å². The van der Waals surface area contributed by atoms with E-state index >= 15 is 0 Å². The van der Waals surface area contributed by atoms with Gasteiger partial charge < -0.3 is 19.9 Å². The van der Waals surface area contributed by atoms with Gasteiger partial charge >= 0.3 is 12.1 Å². The third-order valence-corrected chi connectivity index (χ3v) is 1.49. The molecule has 0 aliphatic carbocycles. The molecule has 0 radical (unpaired) electrons. The monoisotopic (exact) mass is 205 g/mol. The van der Waals surface area contributed by atoms with Crippen LogP contribution < -0.4 is 5.32 Å². The van der Waals surface area contributed by atoms with E-state index in [9.17, 15) is 9.59 Å². The van der Waals surface area contributed by atoms with Crippen LogP contribution in [0, 0.1) is 0 Å². The fourth-order valence-corrected chi connectivity index (χ4v) is 0.813. The normalized spacial score (nSPS) is 11.9.